The van der Waals surface area contributed by atoms with Crippen LogP contribution < -0.4 is 9.47 Å². The van der Waals surface area contributed by atoms with Gasteiger partial charge in [-0.15, -0.1) is 0 Å². The summed E-state index contributed by atoms with van der Waals surface area (Å²) in [6, 6.07) is 13.9. The average molecular weight is 563 g/mol. The summed E-state index contributed by atoms with van der Waals surface area (Å²) in [4.78, 5) is 30.1. The molecule has 0 N–H and O–H groups in total. The highest BCUT2D eigenvalue weighted by Crippen LogP contribution is 2.28. The van der Waals surface area contributed by atoms with Crippen LogP contribution in [0.1, 0.15) is 28.1 Å². The lowest BCUT2D eigenvalue weighted by molar-refractivity contribution is -0.132. The Labute approximate surface area is 233 Å². The number of halogens is 2. The number of amides is 2. The fourth-order valence-corrected chi connectivity index (χ4v) is 4.21. The minimum atomic E-state index is -0.314. The van der Waals surface area contributed by atoms with E-state index >= 15 is 0 Å². The number of carbonyl (C=O) groups is 2. The van der Waals surface area contributed by atoms with Crippen molar-refractivity contribution in [3.05, 3.63) is 81.7 Å². The van der Waals surface area contributed by atoms with Gasteiger partial charge in [-0.2, -0.15) is 0 Å². The molecule has 1 aromatic heterocycles. The van der Waals surface area contributed by atoms with Crippen molar-refractivity contribution < 1.29 is 28.2 Å². The van der Waals surface area contributed by atoms with Gasteiger partial charge >= 0.3 is 0 Å². The highest BCUT2D eigenvalue weighted by Gasteiger charge is 2.23. The summed E-state index contributed by atoms with van der Waals surface area (Å²) in [6.07, 6.45) is 2.70. The molecule has 0 radical (unpaired) electrons. The molecule has 8 nitrogen and oxygen atoms in total. The summed E-state index contributed by atoms with van der Waals surface area (Å²) in [5, 5.41) is 0.625. The summed E-state index contributed by atoms with van der Waals surface area (Å²) in [5.74, 6) is 1.36. The molecule has 0 bridgehead atoms. The summed E-state index contributed by atoms with van der Waals surface area (Å²) >= 11 is 12.2. The molecule has 38 heavy (non-hydrogen) atoms. The number of hydrogen-bond donors (Lipinski definition) is 0. The van der Waals surface area contributed by atoms with E-state index in [0.717, 1.165) is 5.56 Å². The highest BCUT2D eigenvalue weighted by atomic mass is 35.5. The third-order valence-electron chi connectivity index (χ3n) is 5.95. The Morgan fingerprint density at radius 3 is 2.34 bits per heavy atom. The molecule has 3 rings (SSSR count). The van der Waals surface area contributed by atoms with E-state index in [1.165, 1.54) is 11.0 Å². The molecule has 0 atom stereocenters. The number of carbonyl (C=O) groups excluding carboxylic acids is 2. The summed E-state index contributed by atoms with van der Waals surface area (Å²) in [6.45, 7) is 1.35. The van der Waals surface area contributed by atoms with E-state index in [1.54, 1.807) is 50.7 Å². The molecule has 1 heterocycles. The molecule has 204 valence electrons. The Hall–Kier alpha value is -3.20. The predicted octanol–water partition coefficient (Wildman–Crippen LogP) is 5.35. The third kappa shape index (κ3) is 8.15. The molecule has 10 heteroatoms. The van der Waals surface area contributed by atoms with Crippen LogP contribution in [0.2, 0.25) is 10.0 Å². The zero-order valence-electron chi connectivity index (χ0n) is 21.7. The molecule has 0 aliphatic carbocycles. The first-order valence-corrected chi connectivity index (χ1v) is 12.9. The Morgan fingerprint density at radius 2 is 1.68 bits per heavy atom. The van der Waals surface area contributed by atoms with Gasteiger partial charge in [0, 0.05) is 32.4 Å². The van der Waals surface area contributed by atoms with Gasteiger partial charge in [-0.3, -0.25) is 9.59 Å². The first kappa shape index (κ1) is 29.4. The van der Waals surface area contributed by atoms with Crippen molar-refractivity contribution in [1.29, 1.82) is 0 Å². The number of nitrogens with zero attached hydrogens (tertiary/aromatic N) is 2. The van der Waals surface area contributed by atoms with Crippen LogP contribution in [0.3, 0.4) is 0 Å². The largest absolute Gasteiger partial charge is 0.493 e. The Morgan fingerprint density at radius 1 is 0.895 bits per heavy atom. The maximum atomic E-state index is 13.6. The van der Waals surface area contributed by atoms with Crippen LogP contribution in [-0.4, -0.2) is 69.2 Å². The molecule has 0 spiro atoms. The van der Waals surface area contributed by atoms with Crippen molar-refractivity contribution in [3.8, 4) is 11.5 Å². The van der Waals surface area contributed by atoms with Crippen LogP contribution in [0.4, 0.5) is 0 Å². The fourth-order valence-electron chi connectivity index (χ4n) is 3.91. The first-order chi connectivity index (χ1) is 18.4. The number of methoxy groups -OCH3 is 3. The van der Waals surface area contributed by atoms with E-state index in [2.05, 4.69) is 0 Å². The van der Waals surface area contributed by atoms with Gasteiger partial charge in [0.1, 0.15) is 12.3 Å². The van der Waals surface area contributed by atoms with E-state index in [9.17, 15) is 9.59 Å². The molecular weight excluding hydrogens is 531 g/mol. The third-order valence-corrected chi connectivity index (χ3v) is 6.69. The molecule has 2 amide bonds. The lowest BCUT2D eigenvalue weighted by Crippen LogP contribution is -2.44. The van der Waals surface area contributed by atoms with Gasteiger partial charge in [0.05, 0.1) is 37.1 Å². The van der Waals surface area contributed by atoms with Gasteiger partial charge in [-0.05, 0) is 60.9 Å². The Kier molecular flexibility index (Phi) is 11.3. The van der Waals surface area contributed by atoms with Gasteiger partial charge in [-0.25, -0.2) is 0 Å². The van der Waals surface area contributed by atoms with Gasteiger partial charge in [0.15, 0.2) is 11.5 Å². The lowest BCUT2D eigenvalue weighted by Gasteiger charge is -2.27. The van der Waals surface area contributed by atoms with Gasteiger partial charge < -0.3 is 28.4 Å². The van der Waals surface area contributed by atoms with Crippen molar-refractivity contribution in [2.75, 3.05) is 47.6 Å². The molecule has 0 aliphatic heterocycles. The molecule has 0 aliphatic rings. The Balaban J connectivity index is 1.79. The quantitative estimate of drug-likeness (QED) is 0.246. The Bertz CT molecular complexity index is 1200. The number of furan rings is 1. The van der Waals surface area contributed by atoms with E-state index in [-0.39, 0.29) is 29.9 Å². The van der Waals surface area contributed by atoms with Crippen LogP contribution in [0.5, 0.6) is 11.5 Å². The van der Waals surface area contributed by atoms with E-state index in [0.29, 0.717) is 60.4 Å². The maximum Gasteiger partial charge on any atom is 0.254 e. The minimum Gasteiger partial charge on any atom is -0.493 e. The van der Waals surface area contributed by atoms with Crippen molar-refractivity contribution >= 4 is 35.0 Å². The van der Waals surface area contributed by atoms with Gasteiger partial charge in [0.2, 0.25) is 5.91 Å². The minimum absolute atomic E-state index is 0.116. The van der Waals surface area contributed by atoms with Crippen LogP contribution in [-0.2, 0) is 22.5 Å². The van der Waals surface area contributed by atoms with Crippen LogP contribution in [0, 0.1) is 0 Å². The lowest BCUT2D eigenvalue weighted by atomic mass is 10.1. The zero-order valence-corrected chi connectivity index (χ0v) is 23.3. The molecule has 0 unspecified atom stereocenters. The molecule has 0 saturated carbocycles. The summed E-state index contributed by atoms with van der Waals surface area (Å²) < 4.78 is 21.4. The van der Waals surface area contributed by atoms with Crippen LogP contribution in [0.15, 0.2) is 59.2 Å². The number of hydrogen-bond acceptors (Lipinski definition) is 6. The molecule has 0 saturated heterocycles. The van der Waals surface area contributed by atoms with Crippen molar-refractivity contribution in [3.63, 3.8) is 0 Å². The topological polar surface area (TPSA) is 81.5 Å². The normalized spacial score (nSPS) is 10.8. The number of rotatable bonds is 14. The summed E-state index contributed by atoms with van der Waals surface area (Å²) in [7, 11) is 4.76. The molecular formula is C28H32Cl2N2O6. The maximum absolute atomic E-state index is 13.6. The van der Waals surface area contributed by atoms with E-state index in [1.807, 2.05) is 24.3 Å². The van der Waals surface area contributed by atoms with Crippen LogP contribution >= 0.6 is 23.2 Å². The van der Waals surface area contributed by atoms with E-state index in [4.69, 9.17) is 41.8 Å². The van der Waals surface area contributed by atoms with Gasteiger partial charge in [0.25, 0.3) is 5.91 Å². The van der Waals surface area contributed by atoms with Crippen LogP contribution in [0.25, 0.3) is 0 Å². The number of ether oxygens (including phenoxy) is 3. The SMILES string of the molecule is COCCCN(CC(=O)N(CCc1ccc(OC)c(OC)c1)Cc1ccco1)C(=O)c1ccc(Cl)c(Cl)c1. The second-order valence-electron chi connectivity index (χ2n) is 8.54. The predicted molar refractivity (Wildman–Crippen MR) is 146 cm³/mol. The van der Waals surface area contributed by atoms with Crippen molar-refractivity contribution in [1.82, 2.24) is 9.80 Å². The molecule has 0 fully saturated rings. The second kappa shape index (κ2) is 14.7. The van der Waals surface area contributed by atoms with Gasteiger partial charge in [-0.1, -0.05) is 29.3 Å². The molecule has 3 aromatic rings. The smallest absolute Gasteiger partial charge is 0.254 e. The zero-order chi connectivity index (χ0) is 27.5. The standard InChI is InChI=1S/C28H32Cl2N2O6/c1-35-14-5-12-32(28(34)21-8-9-23(29)24(30)17-21)19-27(33)31(18-22-6-4-15-38-22)13-11-20-7-10-25(36-2)26(16-20)37-3/h4,6-10,15-17H,5,11-14,18-19H2,1-3H3. The first-order valence-electron chi connectivity index (χ1n) is 12.1. The average Bonchev–Trinajstić information content (AvgIpc) is 3.44. The monoisotopic (exact) mass is 562 g/mol. The fraction of sp³-hybridized carbons (Fsp3) is 0.357. The van der Waals surface area contributed by atoms with Crippen molar-refractivity contribution in [2.24, 2.45) is 0 Å². The van der Waals surface area contributed by atoms with Crippen molar-refractivity contribution in [2.45, 2.75) is 19.4 Å². The van der Waals surface area contributed by atoms with E-state index < -0.39 is 0 Å². The second-order valence-corrected chi connectivity index (χ2v) is 9.35. The molecule has 2 aromatic carbocycles. The number of benzene rings is 2. The highest BCUT2D eigenvalue weighted by molar-refractivity contribution is 6.42. The summed E-state index contributed by atoms with van der Waals surface area (Å²) in [5.41, 5.74) is 1.33.